The molecule has 0 fully saturated rings. The van der Waals surface area contributed by atoms with Gasteiger partial charge in [0.1, 0.15) is 0 Å². The zero-order valence-corrected chi connectivity index (χ0v) is 15.5. The van der Waals surface area contributed by atoms with Gasteiger partial charge in [-0.3, -0.25) is 4.99 Å². The Bertz CT molecular complexity index is 432. The van der Waals surface area contributed by atoms with Crippen molar-refractivity contribution in [2.24, 2.45) is 4.99 Å². The molecule has 0 amide bonds. The van der Waals surface area contributed by atoms with Crippen molar-refractivity contribution in [3.05, 3.63) is 15.6 Å². The summed E-state index contributed by atoms with van der Waals surface area (Å²) in [6.07, 6.45) is 0.944. The smallest absolute Gasteiger partial charge is 0.191 e. The van der Waals surface area contributed by atoms with Crippen LogP contribution in [0.4, 0.5) is 0 Å². The van der Waals surface area contributed by atoms with Crippen LogP contribution < -0.4 is 10.6 Å². The SMILES string of the molecule is CCNC(=NCCN(CC)CC)NCCc1nc(C)c(C)s1. The lowest BCUT2D eigenvalue weighted by Crippen LogP contribution is -2.39. The largest absolute Gasteiger partial charge is 0.357 e. The lowest BCUT2D eigenvalue weighted by molar-refractivity contribution is 0.313. The quantitative estimate of drug-likeness (QED) is 0.540. The standard InChI is InChI=1S/C16H31N5S/c1-6-17-16(19-11-12-21(7-2)8-3)18-10-9-15-20-13(4)14(5)22-15/h6-12H2,1-5H3,(H2,17,18,19). The van der Waals surface area contributed by atoms with Gasteiger partial charge >= 0.3 is 0 Å². The van der Waals surface area contributed by atoms with E-state index in [1.165, 1.54) is 9.88 Å². The van der Waals surface area contributed by atoms with Crippen LogP contribution in [0, 0.1) is 13.8 Å². The van der Waals surface area contributed by atoms with E-state index >= 15 is 0 Å². The summed E-state index contributed by atoms with van der Waals surface area (Å²) in [4.78, 5) is 12.9. The van der Waals surface area contributed by atoms with E-state index in [1.54, 1.807) is 11.3 Å². The van der Waals surface area contributed by atoms with Crippen LogP contribution in [0.2, 0.25) is 0 Å². The topological polar surface area (TPSA) is 52.6 Å². The molecule has 0 aromatic carbocycles. The molecule has 0 saturated heterocycles. The summed E-state index contributed by atoms with van der Waals surface area (Å²) in [5.74, 6) is 0.902. The van der Waals surface area contributed by atoms with Crippen LogP contribution in [0.3, 0.4) is 0 Å². The lowest BCUT2D eigenvalue weighted by Gasteiger charge is -2.17. The Kier molecular flexibility index (Phi) is 9.08. The summed E-state index contributed by atoms with van der Waals surface area (Å²) < 4.78 is 0. The molecule has 5 nitrogen and oxygen atoms in total. The lowest BCUT2D eigenvalue weighted by atomic mass is 10.4. The molecule has 0 radical (unpaired) electrons. The Morgan fingerprint density at radius 3 is 2.45 bits per heavy atom. The van der Waals surface area contributed by atoms with Gasteiger partial charge in [0.15, 0.2) is 5.96 Å². The Labute approximate surface area is 139 Å². The third-order valence-electron chi connectivity index (χ3n) is 3.63. The molecule has 0 aliphatic carbocycles. The molecule has 1 aromatic heterocycles. The molecule has 0 spiro atoms. The number of nitrogens with one attached hydrogen (secondary N) is 2. The number of nitrogens with zero attached hydrogens (tertiary/aromatic N) is 3. The Morgan fingerprint density at radius 1 is 1.18 bits per heavy atom. The van der Waals surface area contributed by atoms with Crippen molar-refractivity contribution in [2.75, 3.05) is 39.3 Å². The molecule has 0 aliphatic rings. The first-order valence-electron chi connectivity index (χ1n) is 8.28. The minimum Gasteiger partial charge on any atom is -0.357 e. The maximum atomic E-state index is 4.64. The number of aromatic nitrogens is 1. The van der Waals surface area contributed by atoms with Crippen LogP contribution in [0.5, 0.6) is 0 Å². The minimum atomic E-state index is 0.826. The number of likely N-dealkylation sites (N-methyl/N-ethyl adjacent to an activating group) is 1. The molecule has 126 valence electrons. The van der Waals surface area contributed by atoms with Crippen LogP contribution in [0.25, 0.3) is 0 Å². The van der Waals surface area contributed by atoms with E-state index in [4.69, 9.17) is 0 Å². The highest BCUT2D eigenvalue weighted by Crippen LogP contribution is 2.16. The molecule has 0 saturated carbocycles. The molecule has 1 rings (SSSR count). The number of rotatable bonds is 9. The molecule has 22 heavy (non-hydrogen) atoms. The summed E-state index contributed by atoms with van der Waals surface area (Å²) in [6, 6.07) is 0. The summed E-state index contributed by atoms with van der Waals surface area (Å²) in [5, 5.41) is 7.89. The summed E-state index contributed by atoms with van der Waals surface area (Å²) in [6.45, 7) is 16.4. The van der Waals surface area contributed by atoms with Crippen LogP contribution >= 0.6 is 11.3 Å². The fourth-order valence-electron chi connectivity index (χ4n) is 2.12. The number of thiazole rings is 1. The zero-order valence-electron chi connectivity index (χ0n) is 14.7. The van der Waals surface area contributed by atoms with Crippen molar-refractivity contribution in [3.8, 4) is 0 Å². The first-order valence-corrected chi connectivity index (χ1v) is 9.09. The van der Waals surface area contributed by atoms with Gasteiger partial charge in [0.25, 0.3) is 0 Å². The predicted molar refractivity (Wildman–Crippen MR) is 97.1 cm³/mol. The van der Waals surface area contributed by atoms with Crippen molar-refractivity contribution in [1.82, 2.24) is 20.5 Å². The van der Waals surface area contributed by atoms with E-state index in [0.29, 0.717) is 0 Å². The van der Waals surface area contributed by atoms with Crippen molar-refractivity contribution in [2.45, 2.75) is 41.0 Å². The van der Waals surface area contributed by atoms with Crippen molar-refractivity contribution in [1.29, 1.82) is 0 Å². The van der Waals surface area contributed by atoms with Gasteiger partial charge in [-0.2, -0.15) is 0 Å². The van der Waals surface area contributed by atoms with E-state index in [-0.39, 0.29) is 0 Å². The van der Waals surface area contributed by atoms with Crippen molar-refractivity contribution in [3.63, 3.8) is 0 Å². The fourth-order valence-corrected chi connectivity index (χ4v) is 3.05. The first kappa shape index (κ1) is 18.9. The number of hydrogen-bond donors (Lipinski definition) is 2. The minimum absolute atomic E-state index is 0.826. The molecule has 0 atom stereocenters. The van der Waals surface area contributed by atoms with Gasteiger partial charge in [0, 0.05) is 30.9 Å². The molecular formula is C16H31N5S. The van der Waals surface area contributed by atoms with E-state index in [0.717, 1.165) is 57.3 Å². The van der Waals surface area contributed by atoms with Crippen LogP contribution in [0.15, 0.2) is 4.99 Å². The second-order valence-electron chi connectivity index (χ2n) is 5.21. The highest BCUT2D eigenvalue weighted by molar-refractivity contribution is 7.11. The first-order chi connectivity index (χ1) is 10.6. The highest BCUT2D eigenvalue weighted by Gasteiger charge is 2.04. The maximum Gasteiger partial charge on any atom is 0.191 e. The van der Waals surface area contributed by atoms with Crippen molar-refractivity contribution >= 4 is 17.3 Å². The summed E-state index contributed by atoms with van der Waals surface area (Å²) in [5.41, 5.74) is 1.15. The average Bonchev–Trinajstić information content (AvgIpc) is 2.82. The molecule has 1 aromatic rings. The Morgan fingerprint density at radius 2 is 1.91 bits per heavy atom. The predicted octanol–water partition coefficient (Wildman–Crippen LogP) is 2.20. The average molecular weight is 326 g/mol. The van der Waals surface area contributed by atoms with Crippen LogP contribution in [-0.2, 0) is 6.42 Å². The normalized spacial score (nSPS) is 12.0. The number of guanidine groups is 1. The number of hydrogen-bond acceptors (Lipinski definition) is 4. The molecule has 2 N–H and O–H groups in total. The van der Waals surface area contributed by atoms with Gasteiger partial charge in [-0.05, 0) is 33.9 Å². The van der Waals surface area contributed by atoms with Gasteiger partial charge in [-0.1, -0.05) is 13.8 Å². The summed E-state index contributed by atoms with van der Waals surface area (Å²) in [7, 11) is 0. The van der Waals surface area contributed by atoms with Gasteiger partial charge in [-0.25, -0.2) is 4.98 Å². The van der Waals surface area contributed by atoms with Crippen LogP contribution in [0.1, 0.15) is 36.3 Å². The molecule has 6 heteroatoms. The highest BCUT2D eigenvalue weighted by atomic mass is 32.1. The zero-order chi connectivity index (χ0) is 16.4. The Hall–Kier alpha value is -1.14. The monoisotopic (exact) mass is 325 g/mol. The van der Waals surface area contributed by atoms with Crippen molar-refractivity contribution < 1.29 is 0 Å². The second kappa shape index (κ2) is 10.6. The molecule has 0 aliphatic heterocycles. The van der Waals surface area contributed by atoms with E-state index in [1.807, 2.05) is 0 Å². The number of aryl methyl sites for hydroxylation is 2. The second-order valence-corrected chi connectivity index (χ2v) is 6.50. The fraction of sp³-hybridized carbons (Fsp3) is 0.750. The molecule has 1 heterocycles. The molecule has 0 bridgehead atoms. The van der Waals surface area contributed by atoms with Crippen LogP contribution in [-0.4, -0.2) is 55.1 Å². The molecule has 0 unspecified atom stereocenters. The third kappa shape index (κ3) is 6.75. The van der Waals surface area contributed by atoms with Gasteiger partial charge in [0.05, 0.1) is 17.2 Å². The van der Waals surface area contributed by atoms with E-state index in [9.17, 15) is 0 Å². The van der Waals surface area contributed by atoms with Gasteiger partial charge in [-0.15, -0.1) is 11.3 Å². The Balaban J connectivity index is 2.39. The van der Waals surface area contributed by atoms with E-state index < -0.39 is 0 Å². The molecular weight excluding hydrogens is 294 g/mol. The third-order valence-corrected chi connectivity index (χ3v) is 4.76. The summed E-state index contributed by atoms with van der Waals surface area (Å²) >= 11 is 1.79. The van der Waals surface area contributed by atoms with Gasteiger partial charge in [0.2, 0.25) is 0 Å². The maximum absolute atomic E-state index is 4.64. The number of aliphatic imine (C=N–C) groups is 1. The van der Waals surface area contributed by atoms with E-state index in [2.05, 4.69) is 60.1 Å². The van der Waals surface area contributed by atoms with Gasteiger partial charge < -0.3 is 15.5 Å².